The molecule has 1 amide bonds. The zero-order chi connectivity index (χ0) is 14.5. The molecule has 0 saturated carbocycles. The second-order valence-electron chi connectivity index (χ2n) is 5.04. The Bertz CT molecular complexity index is 477. The minimum atomic E-state index is -0.334. The van der Waals surface area contributed by atoms with Crippen LogP contribution in [0, 0.1) is 5.82 Å². The highest BCUT2D eigenvalue weighted by atomic mass is 35.5. The van der Waals surface area contributed by atoms with Gasteiger partial charge in [-0.3, -0.25) is 9.69 Å². The predicted octanol–water partition coefficient (Wildman–Crippen LogP) is 1.34. The summed E-state index contributed by atoms with van der Waals surface area (Å²) >= 11 is 5.72. The summed E-state index contributed by atoms with van der Waals surface area (Å²) in [6, 6.07) is 4.61. The molecule has 1 aromatic carbocycles. The van der Waals surface area contributed by atoms with Crippen molar-refractivity contribution in [1.82, 2.24) is 15.1 Å². The van der Waals surface area contributed by atoms with Gasteiger partial charge in [0.25, 0.3) is 0 Å². The van der Waals surface area contributed by atoms with E-state index < -0.39 is 0 Å². The lowest BCUT2D eigenvalue weighted by Gasteiger charge is -2.29. The van der Waals surface area contributed by atoms with Crippen molar-refractivity contribution < 1.29 is 9.18 Å². The third-order valence-electron chi connectivity index (χ3n) is 3.33. The number of benzene rings is 1. The standard InChI is InChI=1S/C14H19ClFN3O/c1-18(9-11-2-3-12(15)8-13(11)16)10-14(20)19-6-4-17-5-7-19/h2-3,8,17H,4-7,9-10H2,1H3. The lowest BCUT2D eigenvalue weighted by atomic mass is 10.2. The highest BCUT2D eigenvalue weighted by Gasteiger charge is 2.18. The molecule has 1 aliphatic heterocycles. The van der Waals surface area contributed by atoms with Crippen molar-refractivity contribution in [2.24, 2.45) is 0 Å². The summed E-state index contributed by atoms with van der Waals surface area (Å²) in [5.74, 6) is -0.248. The van der Waals surface area contributed by atoms with Crippen LogP contribution in [-0.2, 0) is 11.3 Å². The smallest absolute Gasteiger partial charge is 0.236 e. The van der Waals surface area contributed by atoms with Crippen LogP contribution in [0.4, 0.5) is 4.39 Å². The van der Waals surface area contributed by atoms with Gasteiger partial charge in [0, 0.05) is 43.3 Å². The van der Waals surface area contributed by atoms with Crippen LogP contribution < -0.4 is 5.32 Å². The van der Waals surface area contributed by atoms with Crippen molar-refractivity contribution in [2.45, 2.75) is 6.54 Å². The van der Waals surface area contributed by atoms with E-state index in [1.807, 2.05) is 16.8 Å². The van der Waals surface area contributed by atoms with Crippen molar-refractivity contribution in [2.75, 3.05) is 39.8 Å². The van der Waals surface area contributed by atoms with Gasteiger partial charge >= 0.3 is 0 Å². The molecule has 1 aliphatic rings. The van der Waals surface area contributed by atoms with Gasteiger partial charge in [-0.25, -0.2) is 4.39 Å². The summed E-state index contributed by atoms with van der Waals surface area (Å²) in [5, 5.41) is 3.59. The van der Waals surface area contributed by atoms with Gasteiger partial charge in [0.15, 0.2) is 0 Å². The fourth-order valence-corrected chi connectivity index (χ4v) is 2.40. The van der Waals surface area contributed by atoms with Gasteiger partial charge in [-0.1, -0.05) is 17.7 Å². The van der Waals surface area contributed by atoms with Crippen LogP contribution in [-0.4, -0.2) is 55.5 Å². The highest BCUT2D eigenvalue weighted by molar-refractivity contribution is 6.30. The summed E-state index contributed by atoms with van der Waals surface area (Å²) in [6.07, 6.45) is 0. The van der Waals surface area contributed by atoms with Crippen molar-refractivity contribution in [3.05, 3.63) is 34.6 Å². The largest absolute Gasteiger partial charge is 0.339 e. The topological polar surface area (TPSA) is 35.6 Å². The first kappa shape index (κ1) is 15.2. The van der Waals surface area contributed by atoms with E-state index in [1.165, 1.54) is 6.07 Å². The van der Waals surface area contributed by atoms with E-state index >= 15 is 0 Å². The van der Waals surface area contributed by atoms with Crippen LogP contribution >= 0.6 is 11.6 Å². The van der Waals surface area contributed by atoms with Crippen molar-refractivity contribution in [3.63, 3.8) is 0 Å². The van der Waals surface area contributed by atoms with Gasteiger partial charge in [-0.2, -0.15) is 0 Å². The molecule has 0 bridgehead atoms. The number of carbonyl (C=O) groups excluding carboxylic acids is 1. The van der Waals surface area contributed by atoms with Crippen LogP contribution in [0.25, 0.3) is 0 Å². The van der Waals surface area contributed by atoms with Gasteiger partial charge < -0.3 is 10.2 Å². The quantitative estimate of drug-likeness (QED) is 0.911. The Morgan fingerprint density at radius 3 is 2.80 bits per heavy atom. The lowest BCUT2D eigenvalue weighted by Crippen LogP contribution is -2.49. The Morgan fingerprint density at radius 1 is 1.45 bits per heavy atom. The molecule has 0 unspecified atom stereocenters. The van der Waals surface area contributed by atoms with E-state index in [9.17, 15) is 9.18 Å². The van der Waals surface area contributed by atoms with Crippen LogP contribution in [0.15, 0.2) is 18.2 Å². The molecule has 6 heteroatoms. The Balaban J connectivity index is 1.88. The number of likely N-dealkylation sites (N-methyl/N-ethyl adjacent to an activating group) is 1. The minimum Gasteiger partial charge on any atom is -0.339 e. The van der Waals surface area contributed by atoms with E-state index in [-0.39, 0.29) is 11.7 Å². The van der Waals surface area contributed by atoms with E-state index in [2.05, 4.69) is 5.32 Å². The maximum absolute atomic E-state index is 13.7. The first-order chi connectivity index (χ1) is 9.56. The highest BCUT2D eigenvalue weighted by Crippen LogP contribution is 2.15. The van der Waals surface area contributed by atoms with Crippen molar-refractivity contribution in [1.29, 1.82) is 0 Å². The lowest BCUT2D eigenvalue weighted by molar-refractivity contribution is -0.132. The Morgan fingerprint density at radius 2 is 2.15 bits per heavy atom. The SMILES string of the molecule is CN(CC(=O)N1CCNCC1)Cc1ccc(Cl)cc1F. The second-order valence-corrected chi connectivity index (χ2v) is 5.48. The maximum atomic E-state index is 13.7. The average Bonchev–Trinajstić information content (AvgIpc) is 2.43. The number of nitrogens with one attached hydrogen (secondary N) is 1. The molecule has 0 atom stereocenters. The molecule has 1 saturated heterocycles. The molecule has 0 radical (unpaired) electrons. The van der Waals surface area contributed by atoms with Crippen LogP contribution in [0.3, 0.4) is 0 Å². The molecule has 1 N–H and O–H groups in total. The summed E-state index contributed by atoms with van der Waals surface area (Å²) in [6.45, 7) is 3.83. The second kappa shape index (κ2) is 7.02. The van der Waals surface area contributed by atoms with Crippen LogP contribution in [0.1, 0.15) is 5.56 Å². The Hall–Kier alpha value is -1.17. The molecular formula is C14H19ClFN3O. The normalized spacial score (nSPS) is 15.7. The molecule has 2 rings (SSSR count). The fourth-order valence-electron chi connectivity index (χ4n) is 2.24. The monoisotopic (exact) mass is 299 g/mol. The number of nitrogens with zero attached hydrogens (tertiary/aromatic N) is 2. The zero-order valence-corrected chi connectivity index (χ0v) is 12.3. The minimum absolute atomic E-state index is 0.0865. The van der Waals surface area contributed by atoms with E-state index in [4.69, 9.17) is 11.6 Å². The van der Waals surface area contributed by atoms with Gasteiger partial charge in [-0.05, 0) is 19.2 Å². The van der Waals surface area contributed by atoms with E-state index in [0.29, 0.717) is 23.7 Å². The van der Waals surface area contributed by atoms with Crippen molar-refractivity contribution in [3.8, 4) is 0 Å². The van der Waals surface area contributed by atoms with Gasteiger partial charge in [0.1, 0.15) is 5.82 Å². The summed E-state index contributed by atoms with van der Waals surface area (Å²) in [5.41, 5.74) is 0.546. The molecular weight excluding hydrogens is 281 g/mol. The Kier molecular flexibility index (Phi) is 5.34. The van der Waals surface area contributed by atoms with Crippen molar-refractivity contribution >= 4 is 17.5 Å². The molecule has 4 nitrogen and oxygen atoms in total. The summed E-state index contributed by atoms with van der Waals surface area (Å²) in [4.78, 5) is 15.7. The summed E-state index contributed by atoms with van der Waals surface area (Å²) in [7, 11) is 1.81. The third kappa shape index (κ3) is 4.16. The number of hydrogen-bond acceptors (Lipinski definition) is 3. The molecule has 1 heterocycles. The number of rotatable bonds is 4. The van der Waals surface area contributed by atoms with Gasteiger partial charge in [0.2, 0.25) is 5.91 Å². The number of hydrogen-bond donors (Lipinski definition) is 1. The molecule has 0 aromatic heterocycles. The zero-order valence-electron chi connectivity index (χ0n) is 11.5. The Labute approximate surface area is 123 Å². The molecule has 20 heavy (non-hydrogen) atoms. The number of piperazine rings is 1. The molecule has 0 spiro atoms. The molecule has 1 aromatic rings. The van der Waals surface area contributed by atoms with Gasteiger partial charge in [0.05, 0.1) is 6.54 Å². The number of amides is 1. The fraction of sp³-hybridized carbons (Fsp3) is 0.500. The van der Waals surface area contributed by atoms with Crippen LogP contribution in [0.5, 0.6) is 0 Å². The van der Waals surface area contributed by atoms with E-state index in [1.54, 1.807) is 12.1 Å². The molecule has 110 valence electrons. The predicted molar refractivity (Wildman–Crippen MR) is 77.2 cm³/mol. The van der Waals surface area contributed by atoms with Crippen LogP contribution in [0.2, 0.25) is 5.02 Å². The number of carbonyl (C=O) groups is 1. The average molecular weight is 300 g/mol. The molecule has 1 fully saturated rings. The van der Waals surface area contributed by atoms with E-state index in [0.717, 1.165) is 26.2 Å². The third-order valence-corrected chi connectivity index (χ3v) is 3.57. The molecule has 0 aliphatic carbocycles. The maximum Gasteiger partial charge on any atom is 0.236 e. The first-order valence-electron chi connectivity index (χ1n) is 6.67. The van der Waals surface area contributed by atoms with Gasteiger partial charge in [-0.15, -0.1) is 0 Å². The first-order valence-corrected chi connectivity index (χ1v) is 7.05. The number of halogens is 2. The summed E-state index contributed by atoms with van der Waals surface area (Å²) < 4.78 is 13.7.